The molecule has 3 fully saturated rings. The molecule has 0 bridgehead atoms. The summed E-state index contributed by atoms with van der Waals surface area (Å²) >= 11 is 0. The van der Waals surface area contributed by atoms with Gasteiger partial charge in [-0.1, -0.05) is 42.5 Å². The number of amides is 4. The third-order valence-electron chi connectivity index (χ3n) is 9.61. The van der Waals surface area contributed by atoms with E-state index in [1.54, 1.807) is 6.92 Å². The lowest BCUT2D eigenvalue weighted by Crippen LogP contribution is -2.59. The Hall–Kier alpha value is -3.20. The highest BCUT2D eigenvalue weighted by Crippen LogP contribution is 2.36. The van der Waals surface area contributed by atoms with Crippen molar-refractivity contribution in [3.05, 3.63) is 48.0 Å². The number of benzene rings is 1. The van der Waals surface area contributed by atoms with Gasteiger partial charge in [-0.3, -0.25) is 19.2 Å². The highest BCUT2D eigenvalue weighted by Gasteiger charge is 2.42. The number of carbonyl (C=O) groups is 4. The highest BCUT2D eigenvalue weighted by molar-refractivity contribution is 5.90. The van der Waals surface area contributed by atoms with E-state index in [0.717, 1.165) is 12.0 Å². The van der Waals surface area contributed by atoms with Crippen LogP contribution in [0.15, 0.2) is 42.5 Å². The smallest absolute Gasteiger partial charge is 0.243 e. The molecule has 0 unspecified atom stereocenters. The lowest BCUT2D eigenvalue weighted by Gasteiger charge is -2.42. The molecule has 0 aliphatic carbocycles. The molecule has 3 atom stereocenters. The van der Waals surface area contributed by atoms with Gasteiger partial charge in [-0.05, 0) is 50.5 Å². The van der Waals surface area contributed by atoms with Crippen LogP contribution in [0.1, 0.15) is 57.4 Å². The summed E-state index contributed by atoms with van der Waals surface area (Å²) in [6, 6.07) is 9.04. The van der Waals surface area contributed by atoms with Crippen LogP contribution in [0.25, 0.3) is 0 Å². The molecule has 9 heteroatoms. The van der Waals surface area contributed by atoms with E-state index in [-0.39, 0.29) is 41.5 Å². The number of nitrogens with zero attached hydrogens (tertiary/aromatic N) is 2. The number of nitrogens with one attached hydrogen (secondary N) is 2. The van der Waals surface area contributed by atoms with Crippen molar-refractivity contribution in [3.8, 4) is 0 Å². The summed E-state index contributed by atoms with van der Waals surface area (Å²) in [5.74, 6) is 0.0242. The van der Waals surface area contributed by atoms with Crippen molar-refractivity contribution in [1.29, 1.82) is 0 Å². The number of carbonyl (C=O) groups excluding carboxylic acids is 4. The fraction of sp³-hybridized carbons (Fsp3) is 0.625. The Bertz CT molecular complexity index is 1120. The van der Waals surface area contributed by atoms with E-state index in [1.165, 1.54) is 0 Å². The zero-order chi connectivity index (χ0) is 28.8. The molecule has 2 N–H and O–H groups in total. The number of allylic oxidation sites excluding steroid dienone is 2. The van der Waals surface area contributed by atoms with E-state index in [2.05, 4.69) is 22.8 Å². The number of hydrogen-bond acceptors (Lipinski definition) is 5. The molecule has 9 nitrogen and oxygen atoms in total. The predicted octanol–water partition coefficient (Wildman–Crippen LogP) is 2.45. The number of piperidine rings is 2. The third kappa shape index (κ3) is 7.00. The second kappa shape index (κ2) is 13.2. The van der Waals surface area contributed by atoms with Gasteiger partial charge in [0.25, 0.3) is 0 Å². The maximum Gasteiger partial charge on any atom is 0.243 e. The van der Waals surface area contributed by atoms with Crippen molar-refractivity contribution in [1.82, 2.24) is 20.4 Å². The quantitative estimate of drug-likeness (QED) is 0.549. The zero-order valence-corrected chi connectivity index (χ0v) is 24.2. The molecule has 41 heavy (non-hydrogen) atoms. The molecule has 222 valence electrons. The number of hydrogen-bond donors (Lipinski definition) is 2. The largest absolute Gasteiger partial charge is 0.381 e. The van der Waals surface area contributed by atoms with Crippen LogP contribution in [0.3, 0.4) is 0 Å². The van der Waals surface area contributed by atoms with Crippen LogP contribution >= 0.6 is 0 Å². The van der Waals surface area contributed by atoms with Crippen molar-refractivity contribution in [2.75, 3.05) is 39.4 Å². The molecule has 4 heterocycles. The summed E-state index contributed by atoms with van der Waals surface area (Å²) < 4.78 is 5.59. The van der Waals surface area contributed by atoms with E-state index in [4.69, 9.17) is 4.74 Å². The minimum atomic E-state index is -0.681. The molecule has 1 aromatic rings. The topological polar surface area (TPSA) is 108 Å². The van der Waals surface area contributed by atoms with E-state index in [1.807, 2.05) is 40.1 Å². The van der Waals surface area contributed by atoms with Gasteiger partial charge in [0.1, 0.15) is 6.04 Å². The summed E-state index contributed by atoms with van der Waals surface area (Å²) in [6.07, 6.45) is 9.34. The Balaban J connectivity index is 1.33. The first-order valence-electron chi connectivity index (χ1n) is 15.3. The lowest BCUT2D eigenvalue weighted by molar-refractivity contribution is -0.142. The van der Waals surface area contributed by atoms with Crippen LogP contribution in [0.5, 0.6) is 0 Å². The minimum absolute atomic E-state index is 0.0580. The van der Waals surface area contributed by atoms with Crippen LogP contribution in [-0.2, 0) is 30.3 Å². The van der Waals surface area contributed by atoms with Gasteiger partial charge in [-0.15, -0.1) is 0 Å². The normalized spacial score (nSPS) is 28.5. The lowest BCUT2D eigenvalue weighted by atomic mass is 9.75. The Morgan fingerprint density at radius 1 is 0.951 bits per heavy atom. The first-order chi connectivity index (χ1) is 19.8. The molecule has 4 aliphatic heterocycles. The van der Waals surface area contributed by atoms with Crippen LogP contribution in [0.4, 0.5) is 0 Å². The summed E-state index contributed by atoms with van der Waals surface area (Å²) in [7, 11) is 0. The van der Waals surface area contributed by atoms with E-state index >= 15 is 0 Å². The molecule has 3 saturated heterocycles. The molecule has 4 amide bonds. The number of ether oxygens (including phenoxy) is 1. The molecule has 5 rings (SSSR count). The van der Waals surface area contributed by atoms with E-state index in [0.29, 0.717) is 84.3 Å². The summed E-state index contributed by atoms with van der Waals surface area (Å²) in [5, 5.41) is 6.42. The van der Waals surface area contributed by atoms with E-state index in [9.17, 15) is 19.2 Å². The summed E-state index contributed by atoms with van der Waals surface area (Å²) in [6.45, 7) is 5.09. The van der Waals surface area contributed by atoms with Crippen molar-refractivity contribution < 1.29 is 23.9 Å². The SMILES string of the molecule is CC(=O)N1CCC(C(=O)N2CC[C@@H]3NC(=O)[C@@H](Cc4ccccc4)NC(=O)C4(C/C=C/C[C@@H]3C2)CCOCC4)CC1. The van der Waals surface area contributed by atoms with Gasteiger partial charge in [0, 0.05) is 70.6 Å². The van der Waals surface area contributed by atoms with Gasteiger partial charge in [0.05, 0.1) is 5.41 Å². The Morgan fingerprint density at radius 2 is 1.66 bits per heavy atom. The van der Waals surface area contributed by atoms with Gasteiger partial charge >= 0.3 is 0 Å². The van der Waals surface area contributed by atoms with Crippen LogP contribution in [0.2, 0.25) is 0 Å². The summed E-state index contributed by atoms with van der Waals surface area (Å²) in [5.41, 5.74) is 0.403. The highest BCUT2D eigenvalue weighted by atomic mass is 16.5. The molecule has 0 saturated carbocycles. The molecule has 1 aromatic carbocycles. The molecule has 1 spiro atoms. The Labute approximate surface area is 243 Å². The number of likely N-dealkylation sites (tertiary alicyclic amines) is 2. The fourth-order valence-electron chi connectivity index (χ4n) is 6.88. The molecule has 0 radical (unpaired) electrons. The van der Waals surface area contributed by atoms with Crippen LogP contribution < -0.4 is 10.6 Å². The second-order valence-electron chi connectivity index (χ2n) is 12.2. The average Bonchev–Trinajstić information content (AvgIpc) is 2.99. The molecule has 4 aliphatic rings. The Kier molecular flexibility index (Phi) is 9.42. The van der Waals surface area contributed by atoms with Gasteiger partial charge in [-0.25, -0.2) is 0 Å². The van der Waals surface area contributed by atoms with Crippen LogP contribution in [0, 0.1) is 17.3 Å². The van der Waals surface area contributed by atoms with Crippen LogP contribution in [-0.4, -0.2) is 84.9 Å². The van der Waals surface area contributed by atoms with Gasteiger partial charge in [0.15, 0.2) is 0 Å². The maximum absolute atomic E-state index is 13.8. The van der Waals surface area contributed by atoms with Gasteiger partial charge in [0.2, 0.25) is 23.6 Å². The third-order valence-corrected chi connectivity index (χ3v) is 9.61. The average molecular weight is 565 g/mol. The minimum Gasteiger partial charge on any atom is -0.381 e. The monoisotopic (exact) mass is 564 g/mol. The van der Waals surface area contributed by atoms with E-state index < -0.39 is 11.5 Å². The second-order valence-corrected chi connectivity index (χ2v) is 12.2. The van der Waals surface area contributed by atoms with Gasteiger partial charge in [-0.2, -0.15) is 0 Å². The standard InChI is InChI=1S/C32H44N4O5/c1-23(37)35-16-10-25(11-17-35)30(39)36-18-12-27-26(22-36)9-5-6-13-32(14-19-41-20-15-32)31(40)34-28(29(38)33-27)21-24-7-3-2-4-8-24/h2-8,25-28H,9-22H2,1H3,(H,33,38)(H,34,40)/b6-5+/t26-,27+,28-/m1/s1. The molecule has 0 aromatic heterocycles. The van der Waals surface area contributed by atoms with Crippen molar-refractivity contribution in [2.24, 2.45) is 17.3 Å². The zero-order valence-electron chi connectivity index (χ0n) is 24.2. The summed E-state index contributed by atoms with van der Waals surface area (Å²) in [4.78, 5) is 56.5. The predicted molar refractivity (Wildman–Crippen MR) is 155 cm³/mol. The first kappa shape index (κ1) is 29.3. The maximum atomic E-state index is 13.8. The van der Waals surface area contributed by atoms with Crippen molar-refractivity contribution in [2.45, 2.75) is 70.4 Å². The number of rotatable bonds is 3. The molecular weight excluding hydrogens is 520 g/mol. The van der Waals surface area contributed by atoms with Crippen molar-refractivity contribution in [3.63, 3.8) is 0 Å². The van der Waals surface area contributed by atoms with Gasteiger partial charge < -0.3 is 25.2 Å². The Morgan fingerprint density at radius 3 is 2.37 bits per heavy atom. The molecular formula is C32H44N4O5. The number of fused-ring (bicyclic) bond motifs is 1. The fourth-order valence-corrected chi connectivity index (χ4v) is 6.88. The van der Waals surface area contributed by atoms with Crippen molar-refractivity contribution >= 4 is 23.6 Å². The first-order valence-corrected chi connectivity index (χ1v) is 15.3.